The molecule has 0 radical (unpaired) electrons. The molecule has 15 heavy (non-hydrogen) atoms. The Labute approximate surface area is 92.5 Å². The van der Waals surface area contributed by atoms with Crippen LogP contribution < -0.4 is 0 Å². The van der Waals surface area contributed by atoms with Crippen LogP contribution in [0.1, 0.15) is 25.3 Å². The lowest BCUT2D eigenvalue weighted by Gasteiger charge is -2.15. The molecule has 0 saturated carbocycles. The summed E-state index contributed by atoms with van der Waals surface area (Å²) in [4.78, 5) is 2.34. The zero-order valence-electron chi connectivity index (χ0n) is 9.74. The SMILES string of the molecule is CCCCN(C)CCc1cccc(O)c1. The summed E-state index contributed by atoms with van der Waals surface area (Å²) in [6.45, 7) is 4.43. The minimum absolute atomic E-state index is 0.365. The standard InChI is InChI=1S/C13H21NO/c1-3-4-9-14(2)10-8-12-6-5-7-13(15)11-12/h5-7,11,15H,3-4,8-10H2,1-2H3. The molecule has 1 aromatic rings. The van der Waals surface area contributed by atoms with Crippen molar-refractivity contribution in [3.8, 4) is 5.75 Å². The van der Waals surface area contributed by atoms with Crippen molar-refractivity contribution in [3.05, 3.63) is 29.8 Å². The highest BCUT2D eigenvalue weighted by molar-refractivity contribution is 5.27. The number of aromatic hydroxyl groups is 1. The van der Waals surface area contributed by atoms with Gasteiger partial charge in [0.1, 0.15) is 5.75 Å². The second-order valence-electron chi connectivity index (χ2n) is 4.08. The van der Waals surface area contributed by atoms with Crippen molar-refractivity contribution in [1.29, 1.82) is 0 Å². The van der Waals surface area contributed by atoms with Gasteiger partial charge in [-0.2, -0.15) is 0 Å². The lowest BCUT2D eigenvalue weighted by atomic mass is 10.1. The van der Waals surface area contributed by atoms with E-state index in [0.29, 0.717) is 5.75 Å². The summed E-state index contributed by atoms with van der Waals surface area (Å²) < 4.78 is 0. The van der Waals surface area contributed by atoms with Crippen LogP contribution in [0.5, 0.6) is 5.75 Å². The Hall–Kier alpha value is -1.02. The molecule has 84 valence electrons. The van der Waals surface area contributed by atoms with Crippen molar-refractivity contribution in [3.63, 3.8) is 0 Å². The Morgan fingerprint density at radius 2 is 2.07 bits per heavy atom. The molecular formula is C13H21NO. The molecule has 0 bridgehead atoms. The monoisotopic (exact) mass is 207 g/mol. The van der Waals surface area contributed by atoms with Crippen LogP contribution in [-0.2, 0) is 6.42 Å². The van der Waals surface area contributed by atoms with E-state index in [1.165, 1.54) is 18.4 Å². The van der Waals surface area contributed by atoms with E-state index in [1.807, 2.05) is 12.1 Å². The summed E-state index contributed by atoms with van der Waals surface area (Å²) in [5.41, 5.74) is 1.21. The highest BCUT2D eigenvalue weighted by Gasteiger charge is 1.99. The minimum atomic E-state index is 0.365. The molecule has 0 aliphatic heterocycles. The number of phenols is 1. The number of likely N-dealkylation sites (N-methyl/N-ethyl adjacent to an activating group) is 1. The molecule has 0 amide bonds. The fourth-order valence-electron chi connectivity index (χ4n) is 1.57. The van der Waals surface area contributed by atoms with Gasteiger partial charge in [-0.15, -0.1) is 0 Å². The number of phenolic OH excluding ortho intramolecular Hbond substituents is 1. The molecule has 1 N–H and O–H groups in total. The third-order valence-corrected chi connectivity index (χ3v) is 2.59. The van der Waals surface area contributed by atoms with Crippen molar-refractivity contribution >= 4 is 0 Å². The maximum absolute atomic E-state index is 9.31. The fraction of sp³-hybridized carbons (Fsp3) is 0.538. The van der Waals surface area contributed by atoms with Crippen LogP contribution in [0.25, 0.3) is 0 Å². The average Bonchev–Trinajstić information content (AvgIpc) is 2.23. The molecule has 1 rings (SSSR count). The number of nitrogens with zero attached hydrogens (tertiary/aromatic N) is 1. The molecule has 0 fully saturated rings. The molecule has 2 nitrogen and oxygen atoms in total. The number of benzene rings is 1. The normalized spacial score (nSPS) is 10.9. The summed E-state index contributed by atoms with van der Waals surface area (Å²) in [6, 6.07) is 7.52. The van der Waals surface area contributed by atoms with Gasteiger partial charge in [0, 0.05) is 6.54 Å². The Bertz CT molecular complexity index is 286. The first-order valence-corrected chi connectivity index (χ1v) is 5.69. The Morgan fingerprint density at radius 1 is 1.27 bits per heavy atom. The molecule has 0 aromatic heterocycles. The molecular weight excluding hydrogens is 186 g/mol. The average molecular weight is 207 g/mol. The second kappa shape index (κ2) is 6.46. The zero-order valence-corrected chi connectivity index (χ0v) is 9.74. The third-order valence-electron chi connectivity index (χ3n) is 2.59. The minimum Gasteiger partial charge on any atom is -0.508 e. The quantitative estimate of drug-likeness (QED) is 0.775. The Morgan fingerprint density at radius 3 is 2.73 bits per heavy atom. The number of rotatable bonds is 6. The molecule has 0 atom stereocenters. The predicted molar refractivity (Wildman–Crippen MR) is 64.2 cm³/mol. The van der Waals surface area contributed by atoms with Crippen molar-refractivity contribution < 1.29 is 5.11 Å². The Balaban J connectivity index is 2.30. The van der Waals surface area contributed by atoms with Gasteiger partial charge in [-0.25, -0.2) is 0 Å². The van der Waals surface area contributed by atoms with Crippen LogP contribution >= 0.6 is 0 Å². The first-order valence-electron chi connectivity index (χ1n) is 5.69. The summed E-state index contributed by atoms with van der Waals surface area (Å²) in [5, 5.41) is 9.31. The summed E-state index contributed by atoms with van der Waals surface area (Å²) >= 11 is 0. The van der Waals surface area contributed by atoms with E-state index < -0.39 is 0 Å². The van der Waals surface area contributed by atoms with E-state index in [2.05, 4.69) is 24.9 Å². The van der Waals surface area contributed by atoms with Gasteiger partial charge in [-0.05, 0) is 44.1 Å². The van der Waals surface area contributed by atoms with Crippen LogP contribution in [-0.4, -0.2) is 30.1 Å². The van der Waals surface area contributed by atoms with Gasteiger partial charge in [-0.3, -0.25) is 0 Å². The molecule has 0 spiro atoms. The molecule has 0 heterocycles. The van der Waals surface area contributed by atoms with E-state index >= 15 is 0 Å². The lowest BCUT2D eigenvalue weighted by Crippen LogP contribution is -2.22. The smallest absolute Gasteiger partial charge is 0.115 e. The maximum Gasteiger partial charge on any atom is 0.115 e. The number of hydrogen-bond acceptors (Lipinski definition) is 2. The molecule has 0 saturated heterocycles. The van der Waals surface area contributed by atoms with E-state index in [9.17, 15) is 5.11 Å². The molecule has 1 aromatic carbocycles. The molecule has 2 heteroatoms. The van der Waals surface area contributed by atoms with Crippen LogP contribution in [0.2, 0.25) is 0 Å². The lowest BCUT2D eigenvalue weighted by molar-refractivity contribution is 0.332. The van der Waals surface area contributed by atoms with Crippen LogP contribution in [0.4, 0.5) is 0 Å². The van der Waals surface area contributed by atoms with E-state index in [-0.39, 0.29) is 0 Å². The van der Waals surface area contributed by atoms with Gasteiger partial charge in [0.25, 0.3) is 0 Å². The van der Waals surface area contributed by atoms with E-state index in [1.54, 1.807) is 6.07 Å². The molecule has 0 aliphatic rings. The first-order chi connectivity index (χ1) is 7.22. The number of unbranched alkanes of at least 4 members (excludes halogenated alkanes) is 1. The maximum atomic E-state index is 9.31. The fourth-order valence-corrected chi connectivity index (χ4v) is 1.57. The topological polar surface area (TPSA) is 23.5 Å². The van der Waals surface area contributed by atoms with E-state index in [4.69, 9.17) is 0 Å². The molecule has 0 unspecified atom stereocenters. The molecule has 0 aliphatic carbocycles. The second-order valence-corrected chi connectivity index (χ2v) is 4.08. The highest BCUT2D eigenvalue weighted by Crippen LogP contribution is 2.11. The summed E-state index contributed by atoms with van der Waals surface area (Å²) in [7, 11) is 2.15. The van der Waals surface area contributed by atoms with Crippen LogP contribution in [0.3, 0.4) is 0 Å². The largest absolute Gasteiger partial charge is 0.508 e. The van der Waals surface area contributed by atoms with Gasteiger partial charge in [0.15, 0.2) is 0 Å². The van der Waals surface area contributed by atoms with Crippen molar-refractivity contribution in [1.82, 2.24) is 4.90 Å². The van der Waals surface area contributed by atoms with Crippen LogP contribution in [0, 0.1) is 0 Å². The summed E-state index contributed by atoms with van der Waals surface area (Å²) in [5.74, 6) is 0.365. The van der Waals surface area contributed by atoms with Gasteiger partial charge >= 0.3 is 0 Å². The van der Waals surface area contributed by atoms with Gasteiger partial charge < -0.3 is 10.0 Å². The van der Waals surface area contributed by atoms with Gasteiger partial charge in [0.2, 0.25) is 0 Å². The van der Waals surface area contributed by atoms with Crippen LogP contribution in [0.15, 0.2) is 24.3 Å². The van der Waals surface area contributed by atoms with Crippen molar-refractivity contribution in [2.45, 2.75) is 26.2 Å². The highest BCUT2D eigenvalue weighted by atomic mass is 16.3. The van der Waals surface area contributed by atoms with Crippen molar-refractivity contribution in [2.75, 3.05) is 20.1 Å². The van der Waals surface area contributed by atoms with Crippen molar-refractivity contribution in [2.24, 2.45) is 0 Å². The Kier molecular flexibility index (Phi) is 5.19. The van der Waals surface area contributed by atoms with E-state index in [0.717, 1.165) is 19.5 Å². The first kappa shape index (κ1) is 12.1. The number of hydrogen-bond donors (Lipinski definition) is 1. The summed E-state index contributed by atoms with van der Waals surface area (Å²) in [6.07, 6.45) is 3.52. The third kappa shape index (κ3) is 4.84. The predicted octanol–water partition coefficient (Wildman–Crippen LogP) is 2.67. The zero-order chi connectivity index (χ0) is 11.1. The van der Waals surface area contributed by atoms with Gasteiger partial charge in [0.05, 0.1) is 0 Å². The van der Waals surface area contributed by atoms with Gasteiger partial charge in [-0.1, -0.05) is 25.5 Å².